The molecule has 0 bridgehead atoms. The number of hydrogen-bond acceptors (Lipinski definition) is 5. The number of aliphatic hydroxyl groups is 1. The maximum absolute atomic E-state index is 13.8. The van der Waals surface area contributed by atoms with Crippen molar-refractivity contribution in [1.82, 2.24) is 9.88 Å². The number of nitrogens with zero attached hydrogens (tertiary/aromatic N) is 2. The largest absolute Gasteiger partial charge is 0.506 e. The van der Waals surface area contributed by atoms with E-state index < -0.39 is 6.10 Å². The standard InChI is InChI=1S/C20H23FN2O2S/c21-17-3-1-2-4-20(17)26-16-7-13-10-23(11-14(13)8-16)12-19(25)18-6-5-15(24)9-22-18/h1-6,9,13-14,16,19,24-25H,7-8,10-12H2/t13-,14+,16-,19?. The van der Waals surface area contributed by atoms with Gasteiger partial charge in [-0.1, -0.05) is 12.1 Å². The number of aromatic nitrogens is 1. The van der Waals surface area contributed by atoms with Crippen molar-refractivity contribution in [2.75, 3.05) is 19.6 Å². The SMILES string of the molecule is Oc1ccc(C(O)CN2C[C@H]3C[C@@H](Sc4ccccc4F)C[C@H]3C2)nc1. The number of aliphatic hydroxyl groups excluding tert-OH is 1. The van der Waals surface area contributed by atoms with Crippen molar-refractivity contribution in [2.45, 2.75) is 29.1 Å². The molecule has 26 heavy (non-hydrogen) atoms. The molecule has 6 heteroatoms. The van der Waals surface area contributed by atoms with Crippen LogP contribution >= 0.6 is 11.8 Å². The minimum Gasteiger partial charge on any atom is -0.506 e. The van der Waals surface area contributed by atoms with Gasteiger partial charge in [0.15, 0.2) is 0 Å². The van der Waals surface area contributed by atoms with Crippen LogP contribution in [0, 0.1) is 17.7 Å². The van der Waals surface area contributed by atoms with Gasteiger partial charge in [-0.3, -0.25) is 9.88 Å². The molecule has 1 saturated heterocycles. The van der Waals surface area contributed by atoms with Gasteiger partial charge in [0.2, 0.25) is 0 Å². The predicted molar refractivity (Wildman–Crippen MR) is 99.6 cm³/mol. The van der Waals surface area contributed by atoms with Crippen LogP contribution in [0.3, 0.4) is 0 Å². The van der Waals surface area contributed by atoms with Crippen LogP contribution in [0.1, 0.15) is 24.6 Å². The molecular weight excluding hydrogens is 351 g/mol. The van der Waals surface area contributed by atoms with Crippen LogP contribution in [0.2, 0.25) is 0 Å². The number of hydrogen-bond donors (Lipinski definition) is 2. The zero-order chi connectivity index (χ0) is 18.1. The Kier molecular flexibility index (Phi) is 5.16. The summed E-state index contributed by atoms with van der Waals surface area (Å²) in [7, 11) is 0. The average Bonchev–Trinajstić information content (AvgIpc) is 3.15. The van der Waals surface area contributed by atoms with Gasteiger partial charge < -0.3 is 10.2 Å². The molecule has 4 rings (SSSR count). The number of likely N-dealkylation sites (tertiary alicyclic amines) is 1. The van der Waals surface area contributed by atoms with Crippen LogP contribution in [0.5, 0.6) is 5.75 Å². The maximum Gasteiger partial charge on any atom is 0.136 e. The fourth-order valence-electron chi connectivity index (χ4n) is 4.24. The molecule has 138 valence electrons. The monoisotopic (exact) mass is 374 g/mol. The summed E-state index contributed by atoms with van der Waals surface area (Å²) < 4.78 is 13.8. The summed E-state index contributed by atoms with van der Waals surface area (Å²) in [6, 6.07) is 10.2. The van der Waals surface area contributed by atoms with E-state index in [1.54, 1.807) is 30.0 Å². The number of benzene rings is 1. The van der Waals surface area contributed by atoms with E-state index in [1.807, 2.05) is 12.1 Å². The van der Waals surface area contributed by atoms with E-state index in [-0.39, 0.29) is 11.6 Å². The first-order valence-corrected chi connectivity index (χ1v) is 9.93. The molecule has 1 aliphatic heterocycles. The highest BCUT2D eigenvalue weighted by Gasteiger charge is 2.41. The second kappa shape index (κ2) is 7.55. The third-order valence-electron chi connectivity index (χ3n) is 5.46. The summed E-state index contributed by atoms with van der Waals surface area (Å²) in [6.07, 6.45) is 2.93. The van der Waals surface area contributed by atoms with Gasteiger partial charge >= 0.3 is 0 Å². The van der Waals surface area contributed by atoms with Gasteiger partial charge in [-0.2, -0.15) is 0 Å². The summed E-state index contributed by atoms with van der Waals surface area (Å²) >= 11 is 1.67. The highest BCUT2D eigenvalue weighted by atomic mass is 32.2. The molecule has 1 aromatic heterocycles. The molecule has 4 atom stereocenters. The first-order chi connectivity index (χ1) is 12.6. The quantitative estimate of drug-likeness (QED) is 0.839. The molecule has 2 heterocycles. The van der Waals surface area contributed by atoms with Crippen molar-refractivity contribution < 1.29 is 14.6 Å². The summed E-state index contributed by atoms with van der Waals surface area (Å²) in [5.41, 5.74) is 0.591. The lowest BCUT2D eigenvalue weighted by molar-refractivity contribution is 0.118. The van der Waals surface area contributed by atoms with E-state index in [9.17, 15) is 14.6 Å². The number of fused-ring (bicyclic) bond motifs is 1. The Bertz CT molecular complexity index is 744. The summed E-state index contributed by atoms with van der Waals surface area (Å²) in [6.45, 7) is 2.53. The Morgan fingerprint density at radius 1 is 1.15 bits per heavy atom. The number of aromatic hydroxyl groups is 1. The van der Waals surface area contributed by atoms with Crippen LogP contribution in [0.15, 0.2) is 47.5 Å². The Labute approximate surface area is 157 Å². The number of rotatable bonds is 5. The molecule has 1 aromatic carbocycles. The lowest BCUT2D eigenvalue weighted by atomic mass is 10.0. The molecule has 1 saturated carbocycles. The van der Waals surface area contributed by atoms with Gasteiger partial charge in [-0.05, 0) is 48.9 Å². The summed E-state index contributed by atoms with van der Waals surface area (Å²) in [5.74, 6) is 1.23. The average molecular weight is 374 g/mol. The minimum absolute atomic E-state index is 0.107. The highest BCUT2D eigenvalue weighted by molar-refractivity contribution is 8.00. The van der Waals surface area contributed by atoms with Crippen molar-refractivity contribution in [1.29, 1.82) is 0 Å². The van der Waals surface area contributed by atoms with E-state index in [4.69, 9.17) is 0 Å². The Morgan fingerprint density at radius 2 is 1.88 bits per heavy atom. The fraction of sp³-hybridized carbons (Fsp3) is 0.450. The van der Waals surface area contributed by atoms with E-state index in [2.05, 4.69) is 9.88 Å². The second-order valence-electron chi connectivity index (χ2n) is 7.34. The smallest absolute Gasteiger partial charge is 0.136 e. The van der Waals surface area contributed by atoms with Crippen molar-refractivity contribution in [2.24, 2.45) is 11.8 Å². The summed E-state index contributed by atoms with van der Waals surface area (Å²) in [4.78, 5) is 7.15. The third kappa shape index (κ3) is 3.87. The van der Waals surface area contributed by atoms with Crippen molar-refractivity contribution in [3.63, 3.8) is 0 Å². The van der Waals surface area contributed by atoms with Crippen LogP contribution in [-0.2, 0) is 0 Å². The molecule has 0 amide bonds. The predicted octanol–water partition coefficient (Wildman–Crippen LogP) is 3.46. The first-order valence-electron chi connectivity index (χ1n) is 9.05. The molecular formula is C20H23FN2O2S. The van der Waals surface area contributed by atoms with Gasteiger partial charge in [0.05, 0.1) is 11.9 Å². The van der Waals surface area contributed by atoms with Gasteiger partial charge in [0.1, 0.15) is 17.7 Å². The number of halogens is 1. The highest BCUT2D eigenvalue weighted by Crippen LogP contribution is 2.45. The maximum atomic E-state index is 13.8. The van der Waals surface area contributed by atoms with E-state index in [1.165, 1.54) is 12.3 Å². The van der Waals surface area contributed by atoms with Gasteiger partial charge in [0.25, 0.3) is 0 Å². The molecule has 2 aliphatic rings. The van der Waals surface area contributed by atoms with E-state index >= 15 is 0 Å². The zero-order valence-corrected chi connectivity index (χ0v) is 15.3. The Morgan fingerprint density at radius 3 is 2.54 bits per heavy atom. The molecule has 0 radical (unpaired) electrons. The van der Waals surface area contributed by atoms with Crippen molar-refractivity contribution in [3.8, 4) is 5.75 Å². The fourth-order valence-corrected chi connectivity index (χ4v) is 5.62. The van der Waals surface area contributed by atoms with Crippen LogP contribution in [0.25, 0.3) is 0 Å². The molecule has 0 spiro atoms. The molecule has 2 N–H and O–H groups in total. The molecule has 2 aromatic rings. The number of thioether (sulfide) groups is 1. The van der Waals surface area contributed by atoms with Gasteiger partial charge in [-0.25, -0.2) is 4.39 Å². The minimum atomic E-state index is -0.641. The van der Waals surface area contributed by atoms with E-state index in [0.29, 0.717) is 29.3 Å². The lowest BCUT2D eigenvalue weighted by Gasteiger charge is -2.21. The normalized spacial score (nSPS) is 26.8. The molecule has 1 unspecified atom stereocenters. The van der Waals surface area contributed by atoms with Crippen LogP contribution < -0.4 is 0 Å². The first kappa shape index (κ1) is 17.8. The zero-order valence-electron chi connectivity index (χ0n) is 14.5. The Balaban J connectivity index is 1.29. The second-order valence-corrected chi connectivity index (χ2v) is 8.68. The third-order valence-corrected chi connectivity index (χ3v) is 6.76. The van der Waals surface area contributed by atoms with Crippen LogP contribution in [0.4, 0.5) is 4.39 Å². The number of β-amino-alcohol motifs (C(OH)–C–C–N with tert-alkyl or cyclic N) is 1. The Hall–Kier alpha value is -1.63. The van der Waals surface area contributed by atoms with Gasteiger partial charge in [-0.15, -0.1) is 11.8 Å². The number of pyridine rings is 1. The van der Waals surface area contributed by atoms with Gasteiger partial charge in [0, 0.05) is 29.8 Å². The topological polar surface area (TPSA) is 56.6 Å². The molecule has 1 aliphatic carbocycles. The molecule has 2 fully saturated rings. The lowest BCUT2D eigenvalue weighted by Crippen LogP contribution is -2.28. The summed E-state index contributed by atoms with van der Waals surface area (Å²) in [5, 5.41) is 20.2. The van der Waals surface area contributed by atoms with Crippen molar-refractivity contribution >= 4 is 11.8 Å². The van der Waals surface area contributed by atoms with Crippen LogP contribution in [-0.4, -0.2) is 45.0 Å². The molecule has 4 nitrogen and oxygen atoms in total. The van der Waals surface area contributed by atoms with E-state index in [0.717, 1.165) is 30.8 Å². The van der Waals surface area contributed by atoms with Crippen molar-refractivity contribution in [3.05, 3.63) is 54.1 Å².